The molecule has 1 nitrogen and oxygen atoms in total. The maximum atomic E-state index is 11.6. The highest BCUT2D eigenvalue weighted by molar-refractivity contribution is 5.81. The van der Waals surface area contributed by atoms with Gasteiger partial charge < -0.3 is 0 Å². The third kappa shape index (κ3) is 3.33. The van der Waals surface area contributed by atoms with E-state index in [-0.39, 0.29) is 0 Å². The van der Waals surface area contributed by atoms with Gasteiger partial charge in [0.05, 0.1) is 0 Å². The molecule has 2 unspecified atom stereocenters. The van der Waals surface area contributed by atoms with Gasteiger partial charge in [-0.15, -0.1) is 0 Å². The maximum Gasteiger partial charge on any atom is 0.135 e. The van der Waals surface area contributed by atoms with Crippen LogP contribution < -0.4 is 0 Å². The van der Waals surface area contributed by atoms with Crippen LogP contribution in [0.4, 0.5) is 0 Å². The summed E-state index contributed by atoms with van der Waals surface area (Å²) in [5.41, 5.74) is 0. The number of hydrogen-bond donors (Lipinski definition) is 0. The molecule has 0 saturated heterocycles. The molecule has 2 aliphatic rings. The molecule has 2 saturated carbocycles. The maximum absolute atomic E-state index is 11.6. The SMILES string of the molecule is CCCC1CCC(C2CCC(=O)C(C)C2)CC1. The molecule has 0 heterocycles. The van der Waals surface area contributed by atoms with Crippen molar-refractivity contribution in [3.05, 3.63) is 0 Å². The lowest BCUT2D eigenvalue weighted by molar-refractivity contribution is -0.125. The molecule has 0 aliphatic heterocycles. The second-order valence-corrected chi connectivity index (χ2v) is 6.47. The minimum absolute atomic E-state index is 0.349. The predicted molar refractivity (Wildman–Crippen MR) is 71.9 cm³/mol. The standard InChI is InChI=1S/C16H28O/c1-3-4-13-5-7-14(8-6-13)15-9-10-16(17)12(2)11-15/h12-15H,3-11H2,1-2H3. The molecule has 0 aromatic heterocycles. The quantitative estimate of drug-likeness (QED) is 0.700. The van der Waals surface area contributed by atoms with E-state index in [4.69, 9.17) is 0 Å². The Kier molecular flexibility index (Phi) is 4.64. The molecular weight excluding hydrogens is 208 g/mol. The first-order chi connectivity index (χ1) is 8.20. The van der Waals surface area contributed by atoms with Crippen LogP contribution in [0.25, 0.3) is 0 Å². The fourth-order valence-electron chi connectivity index (χ4n) is 4.06. The van der Waals surface area contributed by atoms with E-state index in [1.165, 1.54) is 51.4 Å². The van der Waals surface area contributed by atoms with Gasteiger partial charge in [-0.25, -0.2) is 0 Å². The summed E-state index contributed by atoms with van der Waals surface area (Å²) in [5.74, 6) is 3.69. The summed E-state index contributed by atoms with van der Waals surface area (Å²) >= 11 is 0. The van der Waals surface area contributed by atoms with Crippen molar-refractivity contribution < 1.29 is 4.79 Å². The molecule has 2 fully saturated rings. The Bertz CT molecular complexity index is 250. The second kappa shape index (κ2) is 6.02. The van der Waals surface area contributed by atoms with Crippen molar-refractivity contribution in [2.75, 3.05) is 0 Å². The van der Waals surface area contributed by atoms with E-state index in [0.717, 1.165) is 24.2 Å². The summed E-state index contributed by atoms with van der Waals surface area (Å²) in [4.78, 5) is 11.6. The summed E-state index contributed by atoms with van der Waals surface area (Å²) in [6.07, 6.45) is 11.8. The van der Waals surface area contributed by atoms with E-state index in [2.05, 4.69) is 13.8 Å². The Balaban J connectivity index is 1.79. The third-order valence-electron chi connectivity index (χ3n) is 5.22. The zero-order valence-electron chi connectivity index (χ0n) is 11.6. The molecule has 2 atom stereocenters. The monoisotopic (exact) mass is 236 g/mol. The average Bonchev–Trinajstić information content (AvgIpc) is 2.34. The summed E-state index contributed by atoms with van der Waals surface area (Å²) in [7, 11) is 0. The molecular formula is C16H28O. The average molecular weight is 236 g/mol. The molecule has 1 heteroatoms. The van der Waals surface area contributed by atoms with Crippen LogP contribution in [0.5, 0.6) is 0 Å². The zero-order valence-corrected chi connectivity index (χ0v) is 11.6. The Morgan fingerprint density at radius 2 is 1.76 bits per heavy atom. The number of carbonyl (C=O) groups is 1. The van der Waals surface area contributed by atoms with Crippen LogP contribution in [-0.4, -0.2) is 5.78 Å². The van der Waals surface area contributed by atoms with Gasteiger partial charge in [0, 0.05) is 12.3 Å². The minimum atomic E-state index is 0.349. The normalized spacial score (nSPS) is 39.3. The molecule has 0 amide bonds. The molecule has 2 rings (SSSR count). The van der Waals surface area contributed by atoms with Crippen molar-refractivity contribution in [3.63, 3.8) is 0 Å². The number of rotatable bonds is 3. The number of Topliss-reactive ketones (excluding diaryl/α,β-unsaturated/α-hetero) is 1. The molecule has 98 valence electrons. The Labute approximate surface area is 106 Å². The van der Waals surface area contributed by atoms with Gasteiger partial charge in [0.1, 0.15) is 5.78 Å². The van der Waals surface area contributed by atoms with Gasteiger partial charge >= 0.3 is 0 Å². The Morgan fingerprint density at radius 1 is 1.06 bits per heavy atom. The van der Waals surface area contributed by atoms with Gasteiger partial charge in [0.15, 0.2) is 0 Å². The molecule has 2 aliphatic carbocycles. The van der Waals surface area contributed by atoms with Gasteiger partial charge in [0.25, 0.3) is 0 Å². The van der Waals surface area contributed by atoms with Crippen LogP contribution in [0.1, 0.15) is 71.6 Å². The van der Waals surface area contributed by atoms with Crippen molar-refractivity contribution in [2.45, 2.75) is 71.6 Å². The molecule has 17 heavy (non-hydrogen) atoms. The van der Waals surface area contributed by atoms with Gasteiger partial charge in [-0.1, -0.05) is 39.5 Å². The predicted octanol–water partition coefficient (Wildman–Crippen LogP) is 4.60. The van der Waals surface area contributed by atoms with E-state index in [1.54, 1.807) is 0 Å². The van der Waals surface area contributed by atoms with Crippen LogP contribution in [0.15, 0.2) is 0 Å². The first-order valence-electron chi connectivity index (χ1n) is 7.73. The molecule has 0 radical (unpaired) electrons. The van der Waals surface area contributed by atoms with Gasteiger partial charge in [0.2, 0.25) is 0 Å². The molecule has 0 aromatic carbocycles. The Morgan fingerprint density at radius 3 is 2.35 bits per heavy atom. The van der Waals surface area contributed by atoms with E-state index in [9.17, 15) is 4.79 Å². The van der Waals surface area contributed by atoms with Crippen LogP contribution in [0, 0.1) is 23.7 Å². The smallest absolute Gasteiger partial charge is 0.135 e. The van der Waals surface area contributed by atoms with Crippen LogP contribution in [0.3, 0.4) is 0 Å². The highest BCUT2D eigenvalue weighted by Gasteiger charge is 2.32. The van der Waals surface area contributed by atoms with E-state index >= 15 is 0 Å². The fraction of sp³-hybridized carbons (Fsp3) is 0.938. The molecule has 0 spiro atoms. The van der Waals surface area contributed by atoms with E-state index in [1.807, 2.05) is 0 Å². The van der Waals surface area contributed by atoms with E-state index in [0.29, 0.717) is 11.7 Å². The number of ketones is 1. The van der Waals surface area contributed by atoms with Gasteiger partial charge in [-0.3, -0.25) is 4.79 Å². The molecule has 0 aromatic rings. The first kappa shape index (κ1) is 13.1. The zero-order chi connectivity index (χ0) is 12.3. The topological polar surface area (TPSA) is 17.1 Å². The van der Waals surface area contributed by atoms with Crippen LogP contribution >= 0.6 is 0 Å². The third-order valence-corrected chi connectivity index (χ3v) is 5.22. The van der Waals surface area contributed by atoms with E-state index < -0.39 is 0 Å². The number of carbonyl (C=O) groups excluding carboxylic acids is 1. The van der Waals surface area contributed by atoms with Crippen LogP contribution in [0.2, 0.25) is 0 Å². The summed E-state index contributed by atoms with van der Waals surface area (Å²) in [6, 6.07) is 0. The summed E-state index contributed by atoms with van der Waals surface area (Å²) in [6.45, 7) is 4.44. The van der Waals surface area contributed by atoms with Gasteiger partial charge in [-0.05, 0) is 43.4 Å². The lowest BCUT2D eigenvalue weighted by Crippen LogP contribution is -2.29. The van der Waals surface area contributed by atoms with Crippen molar-refractivity contribution >= 4 is 5.78 Å². The van der Waals surface area contributed by atoms with Crippen LogP contribution in [-0.2, 0) is 4.79 Å². The van der Waals surface area contributed by atoms with Gasteiger partial charge in [-0.2, -0.15) is 0 Å². The molecule has 0 bridgehead atoms. The first-order valence-corrected chi connectivity index (χ1v) is 7.73. The van der Waals surface area contributed by atoms with Crippen molar-refractivity contribution in [2.24, 2.45) is 23.7 Å². The Hall–Kier alpha value is -0.330. The lowest BCUT2D eigenvalue weighted by atomic mass is 9.68. The highest BCUT2D eigenvalue weighted by atomic mass is 16.1. The fourth-order valence-corrected chi connectivity index (χ4v) is 4.06. The van der Waals surface area contributed by atoms with Crippen molar-refractivity contribution in [3.8, 4) is 0 Å². The summed E-state index contributed by atoms with van der Waals surface area (Å²) < 4.78 is 0. The highest BCUT2D eigenvalue weighted by Crippen LogP contribution is 2.41. The molecule has 0 N–H and O–H groups in total. The summed E-state index contributed by atoms with van der Waals surface area (Å²) in [5, 5.41) is 0. The van der Waals surface area contributed by atoms with Crippen molar-refractivity contribution in [1.82, 2.24) is 0 Å². The van der Waals surface area contributed by atoms with Crippen molar-refractivity contribution in [1.29, 1.82) is 0 Å². The number of hydrogen-bond acceptors (Lipinski definition) is 1. The largest absolute Gasteiger partial charge is 0.299 e. The minimum Gasteiger partial charge on any atom is -0.299 e. The lowest BCUT2D eigenvalue weighted by Gasteiger charge is -2.37. The second-order valence-electron chi connectivity index (χ2n) is 6.47.